The summed E-state index contributed by atoms with van der Waals surface area (Å²) in [4.78, 5) is 16.3. The van der Waals surface area contributed by atoms with Gasteiger partial charge in [-0.2, -0.15) is 0 Å². The molecule has 134 valence electrons. The molecule has 0 aliphatic heterocycles. The van der Waals surface area contributed by atoms with E-state index >= 15 is 0 Å². The number of aromatic nitrogens is 1. The number of hydrogen-bond donors (Lipinski definition) is 0. The quantitative estimate of drug-likeness (QED) is 0.363. The third-order valence-electron chi connectivity index (χ3n) is 3.27. The van der Waals surface area contributed by atoms with Crippen LogP contribution in [0.25, 0.3) is 10.6 Å². The number of thiazole rings is 1. The van der Waals surface area contributed by atoms with Crippen LogP contribution in [-0.2, 0) is 16.1 Å². The number of carbonyl (C=O) groups is 1. The van der Waals surface area contributed by atoms with E-state index in [-0.39, 0.29) is 29.0 Å². The molecule has 1 heterocycles. The van der Waals surface area contributed by atoms with Crippen LogP contribution in [0.4, 0.5) is 0 Å². The van der Waals surface area contributed by atoms with E-state index < -0.39 is 5.97 Å². The average Bonchev–Trinajstić information content (AvgIpc) is 3.12. The van der Waals surface area contributed by atoms with Gasteiger partial charge >= 0.3 is 5.97 Å². The maximum Gasteiger partial charge on any atom is 0.344 e. The van der Waals surface area contributed by atoms with Crippen molar-refractivity contribution < 1.29 is 14.3 Å². The topological polar surface area (TPSA) is 48.4 Å². The van der Waals surface area contributed by atoms with E-state index in [2.05, 4.69) is 4.98 Å². The molecule has 26 heavy (non-hydrogen) atoms. The molecule has 0 unspecified atom stereocenters. The van der Waals surface area contributed by atoms with Gasteiger partial charge in [0.15, 0.2) is 6.61 Å². The van der Waals surface area contributed by atoms with E-state index in [1.165, 1.54) is 23.5 Å². The number of benzene rings is 2. The van der Waals surface area contributed by atoms with Crippen molar-refractivity contribution in [3.05, 3.63) is 68.6 Å². The Balaban J connectivity index is 1.52. The van der Waals surface area contributed by atoms with E-state index in [9.17, 15) is 4.79 Å². The van der Waals surface area contributed by atoms with Crippen molar-refractivity contribution in [3.63, 3.8) is 0 Å². The lowest BCUT2D eigenvalue weighted by Crippen LogP contribution is -2.15. The minimum Gasteiger partial charge on any atom is -0.480 e. The maximum absolute atomic E-state index is 11.9. The van der Waals surface area contributed by atoms with Crippen LogP contribution in [0.2, 0.25) is 15.1 Å². The summed E-state index contributed by atoms with van der Waals surface area (Å²) in [5.41, 5.74) is 1.70. The molecule has 2 aromatic carbocycles. The maximum atomic E-state index is 11.9. The smallest absolute Gasteiger partial charge is 0.344 e. The third-order valence-corrected chi connectivity index (χ3v) is 5.23. The Labute approximate surface area is 169 Å². The van der Waals surface area contributed by atoms with Crippen molar-refractivity contribution in [2.75, 3.05) is 6.61 Å². The van der Waals surface area contributed by atoms with Gasteiger partial charge in [-0.05, 0) is 6.07 Å². The Morgan fingerprint density at radius 3 is 2.54 bits per heavy atom. The van der Waals surface area contributed by atoms with Gasteiger partial charge in [0.25, 0.3) is 0 Å². The molecule has 0 fully saturated rings. The second-order valence-electron chi connectivity index (χ2n) is 5.16. The van der Waals surface area contributed by atoms with Gasteiger partial charge < -0.3 is 9.47 Å². The van der Waals surface area contributed by atoms with Gasteiger partial charge in [0.1, 0.15) is 17.4 Å². The van der Waals surface area contributed by atoms with Gasteiger partial charge in [-0.25, -0.2) is 9.78 Å². The molecule has 4 nitrogen and oxygen atoms in total. The molecule has 0 amide bonds. The van der Waals surface area contributed by atoms with E-state index in [1.807, 2.05) is 35.7 Å². The predicted octanol–water partition coefficient (Wildman–Crippen LogP) is 5.89. The molecule has 3 aromatic rings. The monoisotopic (exact) mass is 427 g/mol. The summed E-state index contributed by atoms with van der Waals surface area (Å²) >= 11 is 19.2. The Bertz CT molecular complexity index is 915. The average molecular weight is 429 g/mol. The molecule has 0 aliphatic rings. The standard InChI is InChI=1S/C18H12Cl3NO3S/c19-13-6-15(21)16(7-14(13)20)24-9-17(23)25-8-12-10-26-18(22-12)11-4-2-1-3-5-11/h1-7,10H,8-9H2. The summed E-state index contributed by atoms with van der Waals surface area (Å²) in [6.45, 7) is -0.228. The fraction of sp³-hybridized carbons (Fsp3) is 0.111. The highest BCUT2D eigenvalue weighted by atomic mass is 35.5. The molecule has 0 radical (unpaired) electrons. The lowest BCUT2D eigenvalue weighted by Gasteiger charge is -2.09. The molecule has 0 spiro atoms. The SMILES string of the molecule is O=C(COc1cc(Cl)c(Cl)cc1Cl)OCc1csc(-c2ccccc2)n1. The Hall–Kier alpha value is -1.79. The lowest BCUT2D eigenvalue weighted by molar-refractivity contribution is -0.147. The fourth-order valence-corrected chi connectivity index (χ4v) is 3.44. The minimum atomic E-state index is -0.540. The van der Waals surface area contributed by atoms with Crippen molar-refractivity contribution in [2.24, 2.45) is 0 Å². The fourth-order valence-electron chi connectivity index (χ4n) is 2.03. The molecule has 0 bridgehead atoms. The molecule has 0 atom stereocenters. The highest BCUT2D eigenvalue weighted by Gasteiger charge is 2.11. The number of nitrogens with zero attached hydrogens (tertiary/aromatic N) is 1. The molecule has 1 aromatic heterocycles. The molecule has 0 aliphatic carbocycles. The van der Waals surface area contributed by atoms with Gasteiger partial charge in [-0.3, -0.25) is 0 Å². The van der Waals surface area contributed by atoms with E-state index in [4.69, 9.17) is 44.3 Å². The minimum absolute atomic E-state index is 0.0701. The zero-order chi connectivity index (χ0) is 18.5. The molecule has 8 heteroatoms. The summed E-state index contributed by atoms with van der Waals surface area (Å²) in [7, 11) is 0. The number of halogens is 3. The lowest BCUT2D eigenvalue weighted by atomic mass is 10.2. The Kier molecular flexibility index (Phi) is 6.38. The highest BCUT2D eigenvalue weighted by molar-refractivity contribution is 7.13. The van der Waals surface area contributed by atoms with Crippen molar-refractivity contribution in [1.82, 2.24) is 4.98 Å². The van der Waals surface area contributed by atoms with Crippen LogP contribution in [0.15, 0.2) is 47.8 Å². The number of esters is 1. The first-order valence-corrected chi connectivity index (χ1v) is 9.47. The Morgan fingerprint density at radius 2 is 1.77 bits per heavy atom. The summed E-state index contributed by atoms with van der Waals surface area (Å²) < 4.78 is 10.5. The van der Waals surface area contributed by atoms with Crippen LogP contribution in [0, 0.1) is 0 Å². The third kappa shape index (κ3) is 4.89. The number of ether oxygens (including phenoxy) is 2. The van der Waals surface area contributed by atoms with Crippen LogP contribution < -0.4 is 4.74 Å². The predicted molar refractivity (Wildman–Crippen MR) is 104 cm³/mol. The van der Waals surface area contributed by atoms with Gasteiger partial charge in [-0.1, -0.05) is 65.1 Å². The van der Waals surface area contributed by atoms with E-state index in [1.54, 1.807) is 0 Å². The van der Waals surface area contributed by atoms with Crippen LogP contribution in [0.3, 0.4) is 0 Å². The number of hydrogen-bond acceptors (Lipinski definition) is 5. The summed E-state index contributed by atoms with van der Waals surface area (Å²) in [6, 6.07) is 12.7. The number of carbonyl (C=O) groups excluding carboxylic acids is 1. The highest BCUT2D eigenvalue weighted by Crippen LogP contribution is 2.33. The summed E-state index contributed by atoms with van der Waals surface area (Å²) in [6.07, 6.45) is 0. The second-order valence-corrected chi connectivity index (χ2v) is 7.24. The molecular formula is C18H12Cl3NO3S. The number of rotatable bonds is 6. The zero-order valence-corrected chi connectivity index (χ0v) is 16.3. The first-order chi connectivity index (χ1) is 12.5. The zero-order valence-electron chi connectivity index (χ0n) is 13.2. The van der Waals surface area contributed by atoms with Crippen LogP contribution >= 0.6 is 46.1 Å². The van der Waals surface area contributed by atoms with Crippen LogP contribution in [0.1, 0.15) is 5.69 Å². The van der Waals surface area contributed by atoms with Crippen molar-refractivity contribution in [1.29, 1.82) is 0 Å². The largest absolute Gasteiger partial charge is 0.480 e. The molecule has 0 N–H and O–H groups in total. The molecule has 0 saturated carbocycles. The van der Waals surface area contributed by atoms with Crippen LogP contribution in [0.5, 0.6) is 5.75 Å². The Morgan fingerprint density at radius 1 is 1.04 bits per heavy atom. The summed E-state index contributed by atoms with van der Waals surface area (Å²) in [5.74, 6) is -0.278. The van der Waals surface area contributed by atoms with E-state index in [0.717, 1.165) is 10.6 Å². The first-order valence-electron chi connectivity index (χ1n) is 7.45. The second kappa shape index (κ2) is 8.73. The van der Waals surface area contributed by atoms with Gasteiger partial charge in [0, 0.05) is 17.0 Å². The van der Waals surface area contributed by atoms with Crippen molar-refractivity contribution >= 4 is 52.1 Å². The molecular weight excluding hydrogens is 417 g/mol. The first kappa shape index (κ1) is 19.0. The van der Waals surface area contributed by atoms with Crippen molar-refractivity contribution in [3.8, 4) is 16.3 Å². The van der Waals surface area contributed by atoms with Gasteiger partial charge in [0.05, 0.1) is 20.8 Å². The molecule has 0 saturated heterocycles. The van der Waals surface area contributed by atoms with Crippen LogP contribution in [-0.4, -0.2) is 17.6 Å². The van der Waals surface area contributed by atoms with Crippen molar-refractivity contribution in [2.45, 2.75) is 6.61 Å². The van der Waals surface area contributed by atoms with Gasteiger partial charge in [0.2, 0.25) is 0 Å². The normalized spacial score (nSPS) is 10.6. The van der Waals surface area contributed by atoms with Gasteiger partial charge in [-0.15, -0.1) is 11.3 Å². The molecule has 3 rings (SSSR count). The summed E-state index contributed by atoms with van der Waals surface area (Å²) in [5, 5.41) is 3.58. The van der Waals surface area contributed by atoms with E-state index in [0.29, 0.717) is 10.7 Å².